The molecule has 2 nitrogen and oxygen atoms in total. The molecule has 0 amide bonds. The van der Waals surface area contributed by atoms with E-state index < -0.39 is 5.97 Å². The third-order valence-corrected chi connectivity index (χ3v) is 6.83. The number of carboxylic acids is 1. The lowest BCUT2D eigenvalue weighted by molar-refractivity contribution is -0.133. The third kappa shape index (κ3) is 4.45. The summed E-state index contributed by atoms with van der Waals surface area (Å²) in [5.74, 6) is -0.468. The molecule has 0 aromatic heterocycles. The van der Waals surface area contributed by atoms with E-state index in [1.165, 1.54) is 35.3 Å². The molecule has 2 unspecified atom stereocenters. The molecule has 0 aliphatic heterocycles. The van der Waals surface area contributed by atoms with Crippen molar-refractivity contribution < 1.29 is 9.90 Å². The zero-order valence-electron chi connectivity index (χ0n) is 12.1. The van der Waals surface area contributed by atoms with Crippen molar-refractivity contribution in [3.63, 3.8) is 0 Å². The van der Waals surface area contributed by atoms with Gasteiger partial charge < -0.3 is 5.11 Å². The Bertz CT molecular complexity index is 474. The zero-order chi connectivity index (χ0) is 14.5. The summed E-state index contributed by atoms with van der Waals surface area (Å²) in [5, 5.41) is 9.89. The minimum Gasteiger partial charge on any atom is -0.481 e. The maximum Gasteiger partial charge on any atom is 0.313 e. The Morgan fingerprint density at radius 2 is 1.95 bits per heavy atom. The molecule has 2 atom stereocenters. The maximum absolute atomic E-state index is 10.8. The summed E-state index contributed by atoms with van der Waals surface area (Å²) in [4.78, 5) is 12.1. The molecule has 110 valence electrons. The summed E-state index contributed by atoms with van der Waals surface area (Å²) >= 11 is 3.57. The second kappa shape index (κ2) is 7.41. The van der Waals surface area contributed by atoms with Gasteiger partial charge in [0.2, 0.25) is 0 Å². The lowest BCUT2D eigenvalue weighted by Crippen LogP contribution is -2.25. The van der Waals surface area contributed by atoms with Crippen molar-refractivity contribution in [1.82, 2.24) is 0 Å². The van der Waals surface area contributed by atoms with Gasteiger partial charge >= 0.3 is 5.97 Å². The first-order valence-corrected chi connectivity index (χ1v) is 9.06. The van der Waals surface area contributed by atoms with Crippen molar-refractivity contribution in [3.05, 3.63) is 29.3 Å². The fraction of sp³-hybridized carbons (Fsp3) is 0.562. The van der Waals surface area contributed by atoms with Gasteiger partial charge in [-0.3, -0.25) is 4.79 Å². The Morgan fingerprint density at radius 3 is 2.60 bits per heavy atom. The molecular formula is C16H22O2S2. The van der Waals surface area contributed by atoms with Crippen molar-refractivity contribution >= 4 is 29.5 Å². The largest absolute Gasteiger partial charge is 0.481 e. The van der Waals surface area contributed by atoms with Crippen LogP contribution in [-0.2, 0) is 4.79 Å². The number of carbonyl (C=O) groups is 1. The number of hydrogen-bond donors (Lipinski definition) is 1. The van der Waals surface area contributed by atoms with E-state index >= 15 is 0 Å². The Kier molecular flexibility index (Phi) is 5.85. The van der Waals surface area contributed by atoms with Crippen LogP contribution in [0.25, 0.3) is 0 Å². The van der Waals surface area contributed by atoms with E-state index in [9.17, 15) is 4.79 Å². The third-order valence-electron chi connectivity index (χ3n) is 3.67. The highest BCUT2D eigenvalue weighted by Crippen LogP contribution is 2.40. The van der Waals surface area contributed by atoms with Crippen molar-refractivity contribution in [1.29, 1.82) is 0 Å². The molecule has 0 heterocycles. The van der Waals surface area contributed by atoms with Gasteiger partial charge in [-0.1, -0.05) is 30.5 Å². The Morgan fingerprint density at radius 1 is 1.25 bits per heavy atom. The van der Waals surface area contributed by atoms with E-state index in [0.717, 1.165) is 6.42 Å². The molecule has 0 radical (unpaired) electrons. The quantitative estimate of drug-likeness (QED) is 0.867. The lowest BCUT2D eigenvalue weighted by atomic mass is 10.00. The molecule has 1 aromatic carbocycles. The van der Waals surface area contributed by atoms with Gasteiger partial charge in [-0.2, -0.15) is 0 Å². The average molecular weight is 310 g/mol. The molecule has 1 fully saturated rings. The molecule has 0 bridgehead atoms. The fourth-order valence-corrected chi connectivity index (χ4v) is 5.39. The predicted octanol–water partition coefficient (Wildman–Crippen LogP) is 4.52. The molecule has 20 heavy (non-hydrogen) atoms. The smallest absolute Gasteiger partial charge is 0.313 e. The molecule has 1 aliphatic carbocycles. The first-order chi connectivity index (χ1) is 9.56. The monoisotopic (exact) mass is 310 g/mol. The Hall–Kier alpha value is -0.610. The van der Waals surface area contributed by atoms with Gasteiger partial charge in [0.05, 0.1) is 5.75 Å². The Balaban J connectivity index is 2.02. The van der Waals surface area contributed by atoms with E-state index in [1.807, 2.05) is 11.8 Å². The fourth-order valence-electron chi connectivity index (χ4n) is 2.66. The molecule has 1 saturated carbocycles. The van der Waals surface area contributed by atoms with E-state index in [0.29, 0.717) is 10.5 Å². The van der Waals surface area contributed by atoms with Gasteiger partial charge in [0, 0.05) is 15.4 Å². The maximum atomic E-state index is 10.8. The van der Waals surface area contributed by atoms with Gasteiger partial charge in [-0.25, -0.2) is 0 Å². The molecular weight excluding hydrogens is 288 g/mol. The number of rotatable bonds is 5. The van der Waals surface area contributed by atoms with Crippen LogP contribution in [0.5, 0.6) is 0 Å². The summed E-state index contributed by atoms with van der Waals surface area (Å²) in [6.07, 6.45) is 4.86. The Labute approximate surface area is 129 Å². The first-order valence-electron chi connectivity index (χ1n) is 7.13. The summed E-state index contributed by atoms with van der Waals surface area (Å²) < 4.78 is 0. The average Bonchev–Trinajstić information content (AvgIpc) is 2.41. The minimum atomic E-state index is -0.698. The van der Waals surface area contributed by atoms with Crippen molar-refractivity contribution in [2.45, 2.75) is 54.9 Å². The summed E-state index contributed by atoms with van der Waals surface area (Å²) in [6, 6.07) is 6.60. The highest BCUT2D eigenvalue weighted by Gasteiger charge is 2.27. The van der Waals surface area contributed by atoms with Crippen LogP contribution in [0.2, 0.25) is 0 Å². The molecule has 1 aromatic rings. The highest BCUT2D eigenvalue weighted by molar-refractivity contribution is 8.04. The lowest BCUT2D eigenvalue weighted by Gasteiger charge is -2.30. The van der Waals surface area contributed by atoms with Gasteiger partial charge in [0.25, 0.3) is 0 Å². The molecule has 1 aliphatic rings. The van der Waals surface area contributed by atoms with E-state index in [2.05, 4.69) is 32.0 Å². The predicted molar refractivity (Wildman–Crippen MR) is 87.9 cm³/mol. The van der Waals surface area contributed by atoms with Crippen LogP contribution in [0.1, 0.15) is 36.8 Å². The topological polar surface area (TPSA) is 37.3 Å². The van der Waals surface area contributed by atoms with E-state index in [-0.39, 0.29) is 5.75 Å². The van der Waals surface area contributed by atoms with Crippen LogP contribution < -0.4 is 0 Å². The zero-order valence-corrected chi connectivity index (χ0v) is 13.7. The van der Waals surface area contributed by atoms with Gasteiger partial charge in [-0.15, -0.1) is 23.5 Å². The number of aliphatic carboxylic acids is 1. The molecule has 0 saturated heterocycles. The van der Waals surface area contributed by atoms with Crippen LogP contribution in [0.15, 0.2) is 23.1 Å². The summed E-state index contributed by atoms with van der Waals surface area (Å²) in [5.41, 5.74) is 2.63. The van der Waals surface area contributed by atoms with Crippen LogP contribution in [0.4, 0.5) is 0 Å². The standard InChI is InChI=1S/C16H22O2S2/c1-11-7-8-13(12(2)9-11)20-15-6-4-3-5-14(15)19-10-16(17)18/h7-9,14-15H,3-6,10H2,1-2H3,(H,17,18). The van der Waals surface area contributed by atoms with E-state index in [1.54, 1.807) is 11.8 Å². The molecule has 0 spiro atoms. The summed E-state index contributed by atoms with van der Waals surface area (Å²) in [6.45, 7) is 4.28. The molecule has 4 heteroatoms. The highest BCUT2D eigenvalue weighted by atomic mass is 32.2. The van der Waals surface area contributed by atoms with Crippen LogP contribution in [0.3, 0.4) is 0 Å². The normalized spacial score (nSPS) is 22.7. The number of benzene rings is 1. The summed E-state index contributed by atoms with van der Waals surface area (Å²) in [7, 11) is 0. The minimum absolute atomic E-state index is 0.231. The molecule has 1 N–H and O–H groups in total. The van der Waals surface area contributed by atoms with Crippen LogP contribution in [0, 0.1) is 13.8 Å². The number of carboxylic acid groups (broad SMARTS) is 1. The van der Waals surface area contributed by atoms with Crippen molar-refractivity contribution in [3.8, 4) is 0 Å². The first kappa shape index (κ1) is 15.8. The second-order valence-corrected chi connectivity index (χ2v) is 7.96. The van der Waals surface area contributed by atoms with Crippen molar-refractivity contribution in [2.75, 3.05) is 5.75 Å². The number of thioether (sulfide) groups is 2. The SMILES string of the molecule is Cc1ccc(SC2CCCCC2SCC(=O)O)c(C)c1. The van der Waals surface area contributed by atoms with Gasteiger partial charge in [0.1, 0.15) is 0 Å². The van der Waals surface area contributed by atoms with Gasteiger partial charge in [-0.05, 0) is 38.3 Å². The second-order valence-electron chi connectivity index (χ2n) is 5.45. The number of aryl methyl sites for hydroxylation is 2. The number of hydrogen-bond acceptors (Lipinski definition) is 3. The van der Waals surface area contributed by atoms with E-state index in [4.69, 9.17) is 5.11 Å². The van der Waals surface area contributed by atoms with Crippen molar-refractivity contribution in [2.24, 2.45) is 0 Å². The van der Waals surface area contributed by atoms with Gasteiger partial charge in [0.15, 0.2) is 0 Å². The van der Waals surface area contributed by atoms with Crippen LogP contribution >= 0.6 is 23.5 Å². The molecule has 2 rings (SSSR count). The van der Waals surface area contributed by atoms with Crippen LogP contribution in [-0.4, -0.2) is 27.3 Å².